The van der Waals surface area contributed by atoms with Crippen LogP contribution in [0.3, 0.4) is 0 Å². The summed E-state index contributed by atoms with van der Waals surface area (Å²) in [5.41, 5.74) is 2.62. The second-order valence-corrected chi connectivity index (χ2v) is 9.84. The van der Waals surface area contributed by atoms with Crippen LogP contribution in [0.4, 0.5) is 5.69 Å². The molecule has 0 bridgehead atoms. The lowest BCUT2D eigenvalue weighted by molar-refractivity contribution is -0.116. The molecule has 1 aliphatic rings. The first-order chi connectivity index (χ1) is 13.3. The van der Waals surface area contributed by atoms with Crippen LogP contribution in [0, 0.1) is 0 Å². The zero-order valence-corrected chi connectivity index (χ0v) is 17.3. The summed E-state index contributed by atoms with van der Waals surface area (Å²) in [6.45, 7) is 3.78. The number of sulfonamides is 1. The number of aromatic nitrogens is 1. The normalized spacial score (nSPS) is 16.5. The molecule has 1 unspecified atom stereocenters. The van der Waals surface area contributed by atoms with Crippen molar-refractivity contribution >= 4 is 43.2 Å². The van der Waals surface area contributed by atoms with Gasteiger partial charge in [-0.3, -0.25) is 4.79 Å². The van der Waals surface area contributed by atoms with Gasteiger partial charge in [-0.15, -0.1) is 11.3 Å². The zero-order chi connectivity index (χ0) is 19.9. The highest BCUT2D eigenvalue weighted by Crippen LogP contribution is 2.33. The van der Waals surface area contributed by atoms with Gasteiger partial charge in [0.2, 0.25) is 15.9 Å². The number of para-hydroxylation sites is 1. The number of carbonyl (C=O) groups excluding carboxylic acids is 1. The first-order valence-electron chi connectivity index (χ1n) is 9.12. The molecule has 0 aliphatic carbocycles. The molecule has 146 valence electrons. The maximum absolute atomic E-state index is 12.7. The van der Waals surface area contributed by atoms with Crippen molar-refractivity contribution in [3.8, 4) is 0 Å². The van der Waals surface area contributed by atoms with Crippen LogP contribution in [0.25, 0.3) is 10.2 Å². The number of fused-ring (bicyclic) bond motifs is 2. The number of benzene rings is 2. The standard InChI is InChI=1S/C20H21N3O3S2/c1-13-11-15-12-16(7-8-18(15)23(13)14(2)24)28(25,26)21-10-9-20-22-17-5-3-4-6-19(17)27-20/h3-8,12-13,21H,9-11H2,1-2H3. The summed E-state index contributed by atoms with van der Waals surface area (Å²) in [7, 11) is -3.61. The largest absolute Gasteiger partial charge is 0.309 e. The molecule has 28 heavy (non-hydrogen) atoms. The van der Waals surface area contributed by atoms with Crippen LogP contribution in [-0.4, -0.2) is 31.9 Å². The van der Waals surface area contributed by atoms with Crippen molar-refractivity contribution in [3.05, 3.63) is 53.0 Å². The summed E-state index contributed by atoms with van der Waals surface area (Å²) in [6, 6.07) is 12.9. The molecule has 4 rings (SSSR count). The number of nitrogens with one attached hydrogen (secondary N) is 1. The number of carbonyl (C=O) groups is 1. The SMILES string of the molecule is CC(=O)N1c2ccc(S(=O)(=O)NCCc3nc4ccccc4s3)cc2CC1C. The highest BCUT2D eigenvalue weighted by molar-refractivity contribution is 7.89. The molecule has 0 radical (unpaired) electrons. The van der Waals surface area contributed by atoms with E-state index < -0.39 is 10.0 Å². The lowest BCUT2D eigenvalue weighted by atomic mass is 10.1. The van der Waals surface area contributed by atoms with E-state index in [4.69, 9.17) is 0 Å². The highest BCUT2D eigenvalue weighted by Gasteiger charge is 2.30. The fourth-order valence-electron chi connectivity index (χ4n) is 3.66. The van der Waals surface area contributed by atoms with Crippen LogP contribution in [0.2, 0.25) is 0 Å². The van der Waals surface area contributed by atoms with Gasteiger partial charge in [-0.05, 0) is 49.2 Å². The quantitative estimate of drug-likeness (QED) is 0.694. The third kappa shape index (κ3) is 3.55. The van der Waals surface area contributed by atoms with Gasteiger partial charge in [0.25, 0.3) is 0 Å². The Morgan fingerprint density at radius 1 is 1.29 bits per heavy atom. The summed E-state index contributed by atoms with van der Waals surface area (Å²) in [5.74, 6) is -0.0317. The Bertz CT molecular complexity index is 1120. The van der Waals surface area contributed by atoms with E-state index >= 15 is 0 Å². The molecule has 1 aromatic heterocycles. The molecule has 0 saturated carbocycles. The number of anilines is 1. The maximum Gasteiger partial charge on any atom is 0.240 e. The van der Waals surface area contributed by atoms with Gasteiger partial charge in [0.15, 0.2) is 0 Å². The summed E-state index contributed by atoms with van der Waals surface area (Å²) < 4.78 is 29.1. The average Bonchev–Trinajstić information content (AvgIpc) is 3.19. The van der Waals surface area contributed by atoms with Crippen LogP contribution < -0.4 is 9.62 Å². The van der Waals surface area contributed by atoms with Gasteiger partial charge in [-0.1, -0.05) is 12.1 Å². The van der Waals surface area contributed by atoms with Crippen molar-refractivity contribution in [2.75, 3.05) is 11.4 Å². The topological polar surface area (TPSA) is 79.4 Å². The molecular weight excluding hydrogens is 394 g/mol. The van der Waals surface area contributed by atoms with E-state index in [1.165, 1.54) is 6.92 Å². The number of thiazole rings is 1. The molecule has 8 heteroatoms. The van der Waals surface area contributed by atoms with Crippen LogP contribution in [0.15, 0.2) is 47.4 Å². The fraction of sp³-hybridized carbons (Fsp3) is 0.300. The van der Waals surface area contributed by atoms with E-state index in [0.29, 0.717) is 12.8 Å². The minimum atomic E-state index is -3.61. The summed E-state index contributed by atoms with van der Waals surface area (Å²) in [6.07, 6.45) is 1.20. The number of rotatable bonds is 5. The van der Waals surface area contributed by atoms with Crippen molar-refractivity contribution in [3.63, 3.8) is 0 Å². The smallest absolute Gasteiger partial charge is 0.240 e. The van der Waals surface area contributed by atoms with E-state index in [1.54, 1.807) is 34.4 Å². The van der Waals surface area contributed by atoms with Crippen LogP contribution >= 0.6 is 11.3 Å². The molecule has 2 aromatic carbocycles. The Kier molecular flexibility index (Phi) is 4.95. The predicted octanol–water partition coefficient (Wildman–Crippen LogP) is 3.11. The number of amides is 1. The first-order valence-corrected chi connectivity index (χ1v) is 11.4. The van der Waals surface area contributed by atoms with E-state index in [9.17, 15) is 13.2 Å². The van der Waals surface area contributed by atoms with Crippen molar-refractivity contribution < 1.29 is 13.2 Å². The second kappa shape index (κ2) is 7.27. The van der Waals surface area contributed by atoms with Gasteiger partial charge in [0.05, 0.1) is 20.1 Å². The Morgan fingerprint density at radius 2 is 2.07 bits per heavy atom. The van der Waals surface area contributed by atoms with Gasteiger partial charge >= 0.3 is 0 Å². The summed E-state index contributed by atoms with van der Waals surface area (Å²) >= 11 is 1.58. The third-order valence-corrected chi connectivity index (χ3v) is 7.44. The van der Waals surface area contributed by atoms with Crippen LogP contribution in [0.5, 0.6) is 0 Å². The molecule has 1 N–H and O–H groups in total. The molecule has 2 heterocycles. The molecule has 0 spiro atoms. The Hall–Kier alpha value is -2.29. The molecule has 1 aliphatic heterocycles. The van der Waals surface area contributed by atoms with Gasteiger partial charge in [-0.25, -0.2) is 18.1 Å². The maximum atomic E-state index is 12.7. The lowest BCUT2D eigenvalue weighted by Crippen LogP contribution is -2.33. The summed E-state index contributed by atoms with van der Waals surface area (Å²) in [4.78, 5) is 18.3. The van der Waals surface area contributed by atoms with E-state index in [0.717, 1.165) is 26.5 Å². The van der Waals surface area contributed by atoms with Gasteiger partial charge in [0.1, 0.15) is 0 Å². The lowest BCUT2D eigenvalue weighted by Gasteiger charge is -2.20. The monoisotopic (exact) mass is 415 g/mol. The third-order valence-electron chi connectivity index (χ3n) is 4.89. The molecule has 0 fully saturated rings. The summed E-state index contributed by atoms with van der Waals surface area (Å²) in [5, 5.41) is 0.906. The zero-order valence-electron chi connectivity index (χ0n) is 15.7. The van der Waals surface area contributed by atoms with Gasteiger partial charge in [0, 0.05) is 31.6 Å². The van der Waals surface area contributed by atoms with Crippen molar-refractivity contribution in [2.45, 2.75) is 37.6 Å². The number of nitrogens with zero attached hydrogens (tertiary/aromatic N) is 2. The van der Waals surface area contributed by atoms with Crippen molar-refractivity contribution in [2.24, 2.45) is 0 Å². The number of hydrogen-bond acceptors (Lipinski definition) is 5. The van der Waals surface area contributed by atoms with Crippen molar-refractivity contribution in [1.82, 2.24) is 9.71 Å². The molecule has 1 amide bonds. The first kappa shape index (κ1) is 19.0. The minimum absolute atomic E-state index is 0.0317. The highest BCUT2D eigenvalue weighted by atomic mass is 32.2. The molecule has 3 aromatic rings. The average molecular weight is 416 g/mol. The van der Waals surface area contributed by atoms with E-state index in [1.807, 2.05) is 31.2 Å². The van der Waals surface area contributed by atoms with Gasteiger partial charge < -0.3 is 4.90 Å². The fourth-order valence-corrected chi connectivity index (χ4v) is 5.71. The molecule has 6 nitrogen and oxygen atoms in total. The van der Waals surface area contributed by atoms with Gasteiger partial charge in [-0.2, -0.15) is 0 Å². The Labute approximate surface area is 168 Å². The Morgan fingerprint density at radius 3 is 2.82 bits per heavy atom. The minimum Gasteiger partial charge on any atom is -0.309 e. The van der Waals surface area contributed by atoms with Crippen LogP contribution in [-0.2, 0) is 27.7 Å². The van der Waals surface area contributed by atoms with Crippen LogP contribution in [0.1, 0.15) is 24.4 Å². The second-order valence-electron chi connectivity index (χ2n) is 6.96. The van der Waals surface area contributed by atoms with E-state index in [-0.39, 0.29) is 23.4 Å². The van der Waals surface area contributed by atoms with E-state index in [2.05, 4.69) is 9.71 Å². The Balaban J connectivity index is 1.47. The molecule has 1 atom stereocenters. The molecule has 0 saturated heterocycles. The predicted molar refractivity (Wildman–Crippen MR) is 111 cm³/mol. The van der Waals surface area contributed by atoms with Crippen molar-refractivity contribution in [1.29, 1.82) is 0 Å². The number of hydrogen-bond donors (Lipinski definition) is 1. The molecular formula is C20H21N3O3S2.